The summed E-state index contributed by atoms with van der Waals surface area (Å²) in [6.07, 6.45) is -1.97. The van der Waals surface area contributed by atoms with Crippen molar-refractivity contribution in [1.82, 2.24) is 4.98 Å². The van der Waals surface area contributed by atoms with Crippen LogP contribution in [-0.4, -0.2) is 30.3 Å². The maximum Gasteiger partial charge on any atom is 0.393 e. The molecule has 2 heterocycles. The fraction of sp³-hybridized carbons (Fsp3) is 0.250. The number of rotatable bonds is 3. The van der Waals surface area contributed by atoms with Crippen molar-refractivity contribution in [3.05, 3.63) is 54.4 Å². The van der Waals surface area contributed by atoms with Gasteiger partial charge in [-0.1, -0.05) is 12.1 Å². The number of benzene rings is 1. The third-order valence-electron chi connectivity index (χ3n) is 3.62. The normalized spacial score (nSPS) is 15.3. The maximum absolute atomic E-state index is 12.5. The zero-order valence-electron chi connectivity index (χ0n) is 12.1. The van der Waals surface area contributed by atoms with Gasteiger partial charge in [0.05, 0.1) is 18.3 Å². The highest BCUT2D eigenvalue weighted by molar-refractivity contribution is 6.05. The van der Waals surface area contributed by atoms with Crippen molar-refractivity contribution >= 4 is 17.4 Å². The summed E-state index contributed by atoms with van der Waals surface area (Å²) in [7, 11) is 0. The van der Waals surface area contributed by atoms with Crippen LogP contribution in [0.25, 0.3) is 0 Å². The lowest BCUT2D eigenvalue weighted by molar-refractivity contribution is -0.127. The summed E-state index contributed by atoms with van der Waals surface area (Å²) in [5.41, 5.74) is 1.47. The maximum atomic E-state index is 12.5. The van der Waals surface area contributed by atoms with E-state index in [0.717, 1.165) is 0 Å². The van der Waals surface area contributed by atoms with Gasteiger partial charge in [0.15, 0.2) is 0 Å². The Hall–Kier alpha value is -2.57. The second-order valence-electron chi connectivity index (χ2n) is 5.26. The van der Waals surface area contributed by atoms with Crippen molar-refractivity contribution in [1.29, 1.82) is 0 Å². The van der Waals surface area contributed by atoms with Crippen LogP contribution in [0.1, 0.15) is 5.56 Å². The quantitative estimate of drug-likeness (QED) is 0.865. The molecule has 2 amide bonds. The molecule has 0 radical (unpaired) electrons. The minimum Gasteiger partial charge on any atom is -0.292 e. The van der Waals surface area contributed by atoms with Crippen molar-refractivity contribution < 1.29 is 18.0 Å². The minimum atomic E-state index is -4.23. The van der Waals surface area contributed by atoms with E-state index < -0.39 is 12.6 Å². The molecule has 1 aromatic heterocycles. The first-order valence-electron chi connectivity index (χ1n) is 7.09. The van der Waals surface area contributed by atoms with Crippen LogP contribution in [0.3, 0.4) is 0 Å². The highest BCUT2D eigenvalue weighted by atomic mass is 19.4. The number of amides is 2. The minimum absolute atomic E-state index is 0.178. The molecule has 120 valence electrons. The van der Waals surface area contributed by atoms with Crippen LogP contribution < -0.4 is 9.80 Å². The summed E-state index contributed by atoms with van der Waals surface area (Å²) in [6.45, 7) is 0.987. The molecule has 0 bridgehead atoms. The van der Waals surface area contributed by atoms with Gasteiger partial charge in [-0.05, 0) is 29.8 Å². The van der Waals surface area contributed by atoms with Crippen molar-refractivity contribution in [3.8, 4) is 0 Å². The summed E-state index contributed by atoms with van der Waals surface area (Å²) in [5, 5.41) is 0. The molecule has 1 fully saturated rings. The lowest BCUT2D eigenvalue weighted by atomic mass is 10.1. The third kappa shape index (κ3) is 3.44. The predicted molar refractivity (Wildman–Crippen MR) is 80.5 cm³/mol. The van der Waals surface area contributed by atoms with E-state index in [0.29, 0.717) is 24.5 Å². The fourth-order valence-electron chi connectivity index (χ4n) is 2.55. The van der Waals surface area contributed by atoms with E-state index in [2.05, 4.69) is 4.98 Å². The molecule has 0 spiro atoms. The highest BCUT2D eigenvalue weighted by Gasteiger charge is 2.31. The first-order chi connectivity index (χ1) is 10.9. The number of halogens is 3. The Bertz CT molecular complexity index is 686. The van der Waals surface area contributed by atoms with Crippen LogP contribution in [0.5, 0.6) is 0 Å². The number of carbonyl (C=O) groups is 1. The molecule has 4 nitrogen and oxygen atoms in total. The molecule has 1 aliphatic rings. The van der Waals surface area contributed by atoms with Crippen molar-refractivity contribution in [2.75, 3.05) is 22.9 Å². The molecule has 3 rings (SSSR count). The molecule has 7 heteroatoms. The van der Waals surface area contributed by atoms with Crippen molar-refractivity contribution in [2.45, 2.75) is 12.6 Å². The number of carbonyl (C=O) groups excluding carboxylic acids is 1. The monoisotopic (exact) mass is 321 g/mol. The van der Waals surface area contributed by atoms with Crippen LogP contribution in [0.15, 0.2) is 48.8 Å². The highest BCUT2D eigenvalue weighted by Crippen LogP contribution is 2.26. The van der Waals surface area contributed by atoms with E-state index in [-0.39, 0.29) is 11.6 Å². The van der Waals surface area contributed by atoms with Gasteiger partial charge in [0.25, 0.3) is 0 Å². The van der Waals surface area contributed by atoms with E-state index in [1.807, 2.05) is 0 Å². The van der Waals surface area contributed by atoms with E-state index in [9.17, 15) is 18.0 Å². The Morgan fingerprint density at radius 1 is 1.00 bits per heavy atom. The summed E-state index contributed by atoms with van der Waals surface area (Å²) in [4.78, 5) is 19.6. The van der Waals surface area contributed by atoms with Gasteiger partial charge >= 0.3 is 12.2 Å². The van der Waals surface area contributed by atoms with Gasteiger partial charge in [-0.2, -0.15) is 13.2 Å². The Balaban J connectivity index is 1.74. The van der Waals surface area contributed by atoms with Crippen molar-refractivity contribution in [2.24, 2.45) is 0 Å². The van der Waals surface area contributed by atoms with E-state index in [4.69, 9.17) is 0 Å². The molecule has 1 aromatic carbocycles. The summed E-state index contributed by atoms with van der Waals surface area (Å²) < 4.78 is 37.1. The standard InChI is InChI=1S/C16H14F3N3O/c17-16(18,19)10-12-3-5-13(6-4-12)21-8-9-22(15(21)23)14-2-1-7-20-11-14/h1-7,11H,8-10H2. The second-order valence-corrected chi connectivity index (χ2v) is 5.26. The van der Waals surface area contributed by atoms with Crippen LogP contribution in [0.4, 0.5) is 29.3 Å². The molecule has 0 saturated carbocycles. The largest absolute Gasteiger partial charge is 0.393 e. The van der Waals surface area contributed by atoms with Crippen LogP contribution in [0.2, 0.25) is 0 Å². The van der Waals surface area contributed by atoms with Crippen molar-refractivity contribution in [3.63, 3.8) is 0 Å². The topological polar surface area (TPSA) is 36.4 Å². The van der Waals surface area contributed by atoms with Crippen LogP contribution in [0, 0.1) is 0 Å². The van der Waals surface area contributed by atoms with Gasteiger partial charge in [0.2, 0.25) is 0 Å². The van der Waals surface area contributed by atoms with E-state index in [1.165, 1.54) is 12.1 Å². The second kappa shape index (κ2) is 5.91. The molecule has 0 N–H and O–H groups in total. The Morgan fingerprint density at radius 3 is 2.22 bits per heavy atom. The average Bonchev–Trinajstić information content (AvgIpc) is 2.89. The fourth-order valence-corrected chi connectivity index (χ4v) is 2.55. The number of hydrogen-bond acceptors (Lipinski definition) is 2. The summed E-state index contributed by atoms with van der Waals surface area (Å²) >= 11 is 0. The molecular weight excluding hydrogens is 307 g/mol. The van der Waals surface area contributed by atoms with Crippen LogP contribution in [-0.2, 0) is 6.42 Å². The Labute approximate surface area is 131 Å². The number of nitrogens with zero attached hydrogens (tertiary/aromatic N) is 3. The zero-order valence-corrected chi connectivity index (χ0v) is 12.1. The molecule has 23 heavy (non-hydrogen) atoms. The molecule has 0 atom stereocenters. The number of pyridine rings is 1. The Morgan fingerprint density at radius 2 is 1.65 bits per heavy atom. The average molecular weight is 321 g/mol. The molecular formula is C16H14F3N3O. The number of anilines is 2. The first kappa shape index (κ1) is 15.3. The Kier molecular flexibility index (Phi) is 3.94. The molecule has 0 aliphatic carbocycles. The van der Waals surface area contributed by atoms with Gasteiger partial charge < -0.3 is 0 Å². The lowest BCUT2D eigenvalue weighted by Gasteiger charge is -2.19. The third-order valence-corrected chi connectivity index (χ3v) is 3.62. The molecule has 0 unspecified atom stereocenters. The molecule has 2 aromatic rings. The SMILES string of the molecule is O=C1N(c2ccc(CC(F)(F)F)cc2)CCN1c1cccnc1. The van der Waals surface area contributed by atoms with Gasteiger partial charge in [-0.25, -0.2) is 4.79 Å². The van der Waals surface area contributed by atoms with Crippen LogP contribution >= 0.6 is 0 Å². The summed E-state index contributed by atoms with van der Waals surface area (Å²) in [6, 6.07) is 9.24. The van der Waals surface area contributed by atoms with E-state index >= 15 is 0 Å². The lowest BCUT2D eigenvalue weighted by Crippen LogP contribution is -2.31. The van der Waals surface area contributed by atoms with Gasteiger partial charge in [-0.15, -0.1) is 0 Å². The summed E-state index contributed by atoms with van der Waals surface area (Å²) in [5.74, 6) is 0. The first-order valence-corrected chi connectivity index (χ1v) is 7.09. The van der Waals surface area contributed by atoms with Gasteiger partial charge in [0, 0.05) is 25.0 Å². The number of aromatic nitrogens is 1. The smallest absolute Gasteiger partial charge is 0.292 e. The van der Waals surface area contributed by atoms with E-state index in [1.54, 1.807) is 46.5 Å². The molecule has 1 saturated heterocycles. The van der Waals surface area contributed by atoms with Gasteiger partial charge in [0.1, 0.15) is 0 Å². The predicted octanol–water partition coefficient (Wildman–Crippen LogP) is 3.63. The number of alkyl halides is 3. The van der Waals surface area contributed by atoms with Gasteiger partial charge in [-0.3, -0.25) is 14.8 Å². The number of urea groups is 1. The zero-order chi connectivity index (χ0) is 16.4. The molecule has 1 aliphatic heterocycles. The number of hydrogen-bond donors (Lipinski definition) is 0.